The third-order valence-corrected chi connectivity index (χ3v) is 5.48. The number of hydrogen-bond donors (Lipinski definition) is 1. The van der Waals surface area contributed by atoms with E-state index in [1.54, 1.807) is 11.3 Å². The Morgan fingerprint density at radius 3 is 2.86 bits per heavy atom. The molecule has 112 valence electrons. The fraction of sp³-hybridized carbons (Fsp3) is 0.294. The smallest absolute Gasteiger partial charge is 0.225 e. The van der Waals surface area contributed by atoms with Crippen molar-refractivity contribution < 1.29 is 0 Å². The van der Waals surface area contributed by atoms with Crippen LogP contribution < -0.4 is 5.32 Å². The van der Waals surface area contributed by atoms with E-state index < -0.39 is 0 Å². The summed E-state index contributed by atoms with van der Waals surface area (Å²) in [6, 6.07) is 10.1. The molecule has 0 radical (unpaired) electrons. The van der Waals surface area contributed by atoms with Gasteiger partial charge in [0.05, 0.1) is 5.39 Å². The standard InChI is InChI=1S/C17H16ClN3S/c1-10-7-8-12-13(9-10)22-16-14(12)15(20-17(18)21-16)19-11-5-3-2-4-6-11/h2-6,10H,7-9H2,1H3,(H,19,20,21). The summed E-state index contributed by atoms with van der Waals surface area (Å²) in [5.41, 5.74) is 2.43. The van der Waals surface area contributed by atoms with Crippen molar-refractivity contribution in [3.05, 3.63) is 46.1 Å². The lowest BCUT2D eigenvalue weighted by Crippen LogP contribution is -2.09. The summed E-state index contributed by atoms with van der Waals surface area (Å²) in [7, 11) is 0. The predicted octanol–water partition coefficient (Wildman–Crippen LogP) is 5.21. The topological polar surface area (TPSA) is 37.8 Å². The van der Waals surface area contributed by atoms with Crippen molar-refractivity contribution in [3.8, 4) is 0 Å². The fourth-order valence-electron chi connectivity index (χ4n) is 3.06. The maximum absolute atomic E-state index is 6.13. The Hall–Kier alpha value is -1.65. The van der Waals surface area contributed by atoms with Gasteiger partial charge >= 0.3 is 0 Å². The van der Waals surface area contributed by atoms with Crippen LogP contribution >= 0.6 is 22.9 Å². The molecule has 0 saturated carbocycles. The molecule has 0 aliphatic heterocycles. The number of nitrogens with zero attached hydrogens (tertiary/aromatic N) is 2. The van der Waals surface area contributed by atoms with E-state index in [9.17, 15) is 0 Å². The normalized spacial score (nSPS) is 17.5. The Morgan fingerprint density at radius 2 is 2.05 bits per heavy atom. The molecule has 1 aromatic carbocycles. The number of nitrogens with one attached hydrogen (secondary N) is 1. The maximum atomic E-state index is 6.13. The number of aromatic nitrogens is 2. The van der Waals surface area contributed by atoms with Gasteiger partial charge in [-0.05, 0) is 54.5 Å². The van der Waals surface area contributed by atoms with Crippen LogP contribution in [-0.2, 0) is 12.8 Å². The van der Waals surface area contributed by atoms with Gasteiger partial charge in [-0.1, -0.05) is 25.1 Å². The van der Waals surface area contributed by atoms with Gasteiger partial charge in [-0.3, -0.25) is 0 Å². The van der Waals surface area contributed by atoms with Crippen molar-refractivity contribution >= 4 is 44.7 Å². The first kappa shape index (κ1) is 14.0. The van der Waals surface area contributed by atoms with Crippen LogP contribution in [0.4, 0.5) is 11.5 Å². The molecule has 2 heterocycles. The largest absolute Gasteiger partial charge is 0.340 e. The van der Waals surface area contributed by atoms with E-state index in [0.29, 0.717) is 5.28 Å². The van der Waals surface area contributed by atoms with E-state index in [4.69, 9.17) is 11.6 Å². The fourth-order valence-corrected chi connectivity index (χ4v) is 4.67. The summed E-state index contributed by atoms with van der Waals surface area (Å²) in [5, 5.41) is 4.86. The van der Waals surface area contributed by atoms with Crippen molar-refractivity contribution in [1.29, 1.82) is 0 Å². The van der Waals surface area contributed by atoms with Gasteiger partial charge in [0.25, 0.3) is 0 Å². The van der Waals surface area contributed by atoms with Crippen LogP contribution in [-0.4, -0.2) is 9.97 Å². The third kappa shape index (κ3) is 2.46. The SMILES string of the molecule is CC1CCc2c(sc3nc(Cl)nc(Nc4ccccc4)c23)C1. The van der Waals surface area contributed by atoms with E-state index >= 15 is 0 Å². The van der Waals surface area contributed by atoms with Gasteiger partial charge in [0, 0.05) is 10.6 Å². The molecule has 1 unspecified atom stereocenters. The first-order valence-corrected chi connectivity index (χ1v) is 8.70. The van der Waals surface area contributed by atoms with E-state index in [0.717, 1.165) is 40.5 Å². The lowest BCUT2D eigenvalue weighted by Gasteiger charge is -2.18. The quantitative estimate of drug-likeness (QED) is 0.655. The molecule has 0 spiro atoms. The lowest BCUT2D eigenvalue weighted by molar-refractivity contribution is 0.509. The van der Waals surface area contributed by atoms with Gasteiger partial charge in [-0.15, -0.1) is 11.3 Å². The van der Waals surface area contributed by atoms with E-state index in [1.165, 1.54) is 16.9 Å². The Balaban J connectivity index is 1.86. The number of rotatable bonds is 2. The zero-order chi connectivity index (χ0) is 15.1. The molecule has 1 N–H and O–H groups in total. The number of aryl methyl sites for hydroxylation is 1. The van der Waals surface area contributed by atoms with Crippen LogP contribution in [0.3, 0.4) is 0 Å². The zero-order valence-electron chi connectivity index (χ0n) is 12.3. The van der Waals surface area contributed by atoms with Gasteiger partial charge in [0.15, 0.2) is 0 Å². The molecule has 5 heteroatoms. The van der Waals surface area contributed by atoms with Crippen molar-refractivity contribution in [2.24, 2.45) is 5.92 Å². The van der Waals surface area contributed by atoms with Gasteiger partial charge < -0.3 is 5.32 Å². The molecule has 3 aromatic rings. The summed E-state index contributed by atoms with van der Waals surface area (Å²) < 4.78 is 0. The van der Waals surface area contributed by atoms with E-state index in [1.807, 2.05) is 30.3 Å². The summed E-state index contributed by atoms with van der Waals surface area (Å²) in [5.74, 6) is 1.57. The minimum atomic E-state index is 0.303. The third-order valence-electron chi connectivity index (χ3n) is 4.16. The van der Waals surface area contributed by atoms with Crippen molar-refractivity contribution in [1.82, 2.24) is 9.97 Å². The van der Waals surface area contributed by atoms with Crippen molar-refractivity contribution in [3.63, 3.8) is 0 Å². The first-order chi connectivity index (χ1) is 10.7. The molecule has 2 aromatic heterocycles. The average molecular weight is 330 g/mol. The molecule has 3 nitrogen and oxygen atoms in total. The van der Waals surface area contributed by atoms with Gasteiger partial charge in [-0.2, -0.15) is 4.98 Å². The van der Waals surface area contributed by atoms with Crippen LogP contribution in [0.25, 0.3) is 10.2 Å². The monoisotopic (exact) mass is 329 g/mol. The first-order valence-electron chi connectivity index (χ1n) is 7.50. The van der Waals surface area contributed by atoms with Gasteiger partial charge in [0.1, 0.15) is 10.6 Å². The number of para-hydroxylation sites is 1. The van der Waals surface area contributed by atoms with Crippen LogP contribution in [0, 0.1) is 5.92 Å². The highest BCUT2D eigenvalue weighted by Crippen LogP contribution is 2.41. The minimum Gasteiger partial charge on any atom is -0.340 e. The number of hydrogen-bond acceptors (Lipinski definition) is 4. The number of halogens is 1. The zero-order valence-corrected chi connectivity index (χ0v) is 13.8. The molecular formula is C17H16ClN3S. The summed E-state index contributed by atoms with van der Waals surface area (Å²) >= 11 is 7.89. The molecule has 0 amide bonds. The van der Waals surface area contributed by atoms with Crippen molar-refractivity contribution in [2.75, 3.05) is 5.32 Å². The van der Waals surface area contributed by atoms with Crippen LogP contribution in [0.5, 0.6) is 0 Å². The number of benzene rings is 1. The Labute approximate surface area is 138 Å². The molecule has 0 saturated heterocycles. The van der Waals surface area contributed by atoms with E-state index in [-0.39, 0.29) is 0 Å². The highest BCUT2D eigenvalue weighted by atomic mass is 35.5. The number of thiophene rings is 1. The predicted molar refractivity (Wildman–Crippen MR) is 93.3 cm³/mol. The second kappa shape index (κ2) is 5.52. The van der Waals surface area contributed by atoms with Crippen molar-refractivity contribution in [2.45, 2.75) is 26.2 Å². The maximum Gasteiger partial charge on any atom is 0.225 e. The molecule has 4 rings (SSSR count). The second-order valence-corrected chi connectivity index (χ2v) is 7.29. The Kier molecular flexibility index (Phi) is 3.51. The molecular weight excluding hydrogens is 314 g/mol. The molecule has 1 aliphatic rings. The number of fused-ring (bicyclic) bond motifs is 3. The Bertz CT molecular complexity index is 829. The molecule has 0 fully saturated rings. The van der Waals surface area contributed by atoms with Crippen LogP contribution in [0.1, 0.15) is 23.8 Å². The summed E-state index contributed by atoms with van der Waals surface area (Å²) in [4.78, 5) is 11.3. The molecule has 1 atom stereocenters. The molecule has 22 heavy (non-hydrogen) atoms. The Morgan fingerprint density at radius 1 is 1.23 bits per heavy atom. The highest BCUT2D eigenvalue weighted by molar-refractivity contribution is 7.19. The lowest BCUT2D eigenvalue weighted by atomic mass is 9.89. The van der Waals surface area contributed by atoms with Crippen LogP contribution in [0.2, 0.25) is 5.28 Å². The second-order valence-electron chi connectivity index (χ2n) is 5.86. The van der Waals surface area contributed by atoms with Gasteiger partial charge in [0.2, 0.25) is 5.28 Å². The average Bonchev–Trinajstić information content (AvgIpc) is 2.85. The summed E-state index contributed by atoms with van der Waals surface area (Å²) in [6.07, 6.45) is 3.47. The van der Waals surface area contributed by atoms with E-state index in [2.05, 4.69) is 22.2 Å². The minimum absolute atomic E-state index is 0.303. The number of anilines is 2. The molecule has 1 aliphatic carbocycles. The van der Waals surface area contributed by atoms with Crippen LogP contribution in [0.15, 0.2) is 30.3 Å². The highest BCUT2D eigenvalue weighted by Gasteiger charge is 2.23. The molecule has 0 bridgehead atoms. The summed E-state index contributed by atoms with van der Waals surface area (Å²) in [6.45, 7) is 2.31. The van der Waals surface area contributed by atoms with Gasteiger partial charge in [-0.25, -0.2) is 4.98 Å².